The van der Waals surface area contributed by atoms with Crippen molar-refractivity contribution in [1.29, 1.82) is 0 Å². The quantitative estimate of drug-likeness (QED) is 0.125. The van der Waals surface area contributed by atoms with E-state index < -0.39 is 13.7 Å². The van der Waals surface area contributed by atoms with E-state index in [4.69, 9.17) is 8.22 Å². The zero-order valence-corrected chi connectivity index (χ0v) is 83.5. The minimum Gasteiger partial charge on any atom is -0.232 e. The highest BCUT2D eigenvalue weighted by atomic mass is 15.2. The minimum atomic E-state index is -2.18. The van der Waals surface area contributed by atoms with Crippen molar-refractivity contribution in [2.75, 3.05) is 0 Å². The zero-order chi connectivity index (χ0) is 100. The standard InChI is InChI=1S/C30H31N2.2C24H27N2.2C24H21N2/c1-18-12-11-15-21-23-19(2)16-17-22-26(23)32-27(30(5,6)29(22,3)4)25(20-13-9-8-10-14-20)31(7)28(32)24(18)21;2*1-14-9-8-10-16-19-15(2)11-12-17-21(19)26-18(24(5,6)23(17,3)4)13-25(7)22(26)20(14)16;2*1-16-10-8-14-20-22(16)19-13-7-9-17(2)23(19)24-25(3)21(15-26(20)24)18-11-5-4-6-12-18/h8-17H,1-7H3;2*8-13H,1-7H3;2*4-15H,1-3H3/q5*+1/i;2D3;;1D3;. The van der Waals surface area contributed by atoms with Crippen molar-refractivity contribution in [2.24, 2.45) is 35.2 Å². The summed E-state index contributed by atoms with van der Waals surface area (Å²) in [7, 11) is 10.8. The lowest BCUT2D eigenvalue weighted by molar-refractivity contribution is -0.644. The topological polar surface area (TPSA) is 42.9 Å². The molecule has 13 aromatic carbocycles. The SMILES string of the molecule is Cc1ccc2c3c1c1cccc(C)c1c1n3c(c(-c3ccccc3)[n+]1C)C(C)(C)C2(C)C.Cc1ccc2c3c1c1cccc(C)c1c1n3c(c[n+]1C)C(C)(C)C2(C)C.Cc1cccc2c1c1cccc(C)c1c1n(C)c(-c3ccccc3)c[n+]21.[2H]C([2H])([2H])c1ccc2c3c1c1cccc(C)c1c1n3c(c[n+]1C)C(C)(C)C2(C)C.[2H]C([2H])([2H])c1cccc2c1c1cccc(C)c1c1n(C)c(-c3ccccc3)c[n+]21. The van der Waals surface area contributed by atoms with Gasteiger partial charge in [0, 0.05) is 128 Å². The van der Waals surface area contributed by atoms with Gasteiger partial charge in [-0.1, -0.05) is 326 Å². The summed E-state index contributed by atoms with van der Waals surface area (Å²) in [5, 5.41) is 18.2. The Hall–Kier alpha value is -14.1. The average Bonchev–Trinajstić information content (AvgIpc) is 1.48. The van der Waals surface area contributed by atoms with Crippen molar-refractivity contribution in [3.63, 3.8) is 0 Å². The fourth-order valence-corrected chi connectivity index (χ4v) is 24.6. The van der Waals surface area contributed by atoms with Crippen molar-refractivity contribution in [3.05, 3.63) is 369 Å². The smallest absolute Gasteiger partial charge is 0.232 e. The van der Waals surface area contributed by atoms with Crippen molar-refractivity contribution >= 4 is 137 Å². The molecule has 0 spiro atoms. The summed E-state index contributed by atoms with van der Waals surface area (Å²) in [6.07, 6.45) is 8.97. The summed E-state index contributed by atoms with van der Waals surface area (Å²) in [5.74, 6) is 0. The summed E-state index contributed by atoms with van der Waals surface area (Å²) in [6.45, 7) is 41.7. The molecule has 136 heavy (non-hydrogen) atoms. The Morgan fingerprint density at radius 1 is 0.250 bits per heavy atom. The summed E-state index contributed by atoms with van der Waals surface area (Å²) < 4.78 is 72.5. The molecule has 676 valence electrons. The molecule has 0 fully saturated rings. The van der Waals surface area contributed by atoms with Gasteiger partial charge in [0.1, 0.15) is 52.4 Å². The number of hydrogen-bond acceptors (Lipinski definition) is 0. The van der Waals surface area contributed by atoms with Crippen molar-refractivity contribution in [1.82, 2.24) is 22.3 Å². The van der Waals surface area contributed by atoms with Gasteiger partial charge < -0.3 is 0 Å². The van der Waals surface area contributed by atoms with Crippen LogP contribution in [-0.2, 0) is 67.7 Å². The Morgan fingerprint density at radius 3 is 0.919 bits per heavy atom. The molecule has 3 aliphatic rings. The number of aromatic nitrogens is 10. The summed E-state index contributed by atoms with van der Waals surface area (Å²) in [5.41, 5.74) is 38.4. The first-order valence-corrected chi connectivity index (χ1v) is 48.3. The molecule has 0 unspecified atom stereocenters. The Bertz CT molecular complexity index is 9390. The van der Waals surface area contributed by atoms with E-state index in [1.807, 2.05) is 54.6 Å². The highest BCUT2D eigenvalue weighted by Gasteiger charge is 2.55. The van der Waals surface area contributed by atoms with Gasteiger partial charge in [0.05, 0.1) is 62.2 Å². The molecule has 0 N–H and O–H groups in total. The van der Waals surface area contributed by atoms with E-state index >= 15 is 0 Å². The monoisotopic (exact) mass is 1790 g/mol. The first-order valence-electron chi connectivity index (χ1n) is 51.3. The van der Waals surface area contributed by atoms with Crippen LogP contribution >= 0.6 is 0 Å². The molecular weight excluding hydrogens is 1650 g/mol. The lowest BCUT2D eigenvalue weighted by Gasteiger charge is -2.43. The van der Waals surface area contributed by atoms with Gasteiger partial charge in [-0.2, -0.15) is 22.0 Å². The molecule has 23 aromatic rings. The van der Waals surface area contributed by atoms with E-state index in [1.54, 1.807) is 6.07 Å². The summed E-state index contributed by atoms with van der Waals surface area (Å²) >= 11 is 0. The molecule has 0 amide bonds. The second-order valence-corrected chi connectivity index (χ2v) is 42.7. The maximum absolute atomic E-state index is 8.24. The molecule has 10 aromatic heterocycles. The molecule has 0 aliphatic carbocycles. The summed E-state index contributed by atoms with van der Waals surface area (Å²) in [6, 6.07) is 89.8. The lowest BCUT2D eigenvalue weighted by atomic mass is 9.60. The Labute approximate surface area is 807 Å². The maximum Gasteiger partial charge on any atom is 0.295 e. The first-order chi connectivity index (χ1) is 67.3. The maximum atomic E-state index is 8.24. The Morgan fingerprint density at radius 2 is 0.537 bits per heavy atom. The van der Waals surface area contributed by atoms with Crippen molar-refractivity contribution in [2.45, 2.75) is 185 Å². The number of aryl methyl sites for hydroxylation is 15. The molecule has 0 atom stereocenters. The third-order valence-corrected chi connectivity index (χ3v) is 33.9. The molecule has 0 saturated carbocycles. The van der Waals surface area contributed by atoms with Crippen LogP contribution in [0.5, 0.6) is 0 Å². The van der Waals surface area contributed by atoms with E-state index in [2.05, 4.69) is 437 Å². The number of hydrogen-bond donors (Lipinski definition) is 0. The van der Waals surface area contributed by atoms with Gasteiger partial charge in [0.2, 0.25) is 0 Å². The van der Waals surface area contributed by atoms with Crippen LogP contribution in [0, 0.1) is 69.1 Å². The second kappa shape index (κ2) is 30.5. The Balaban J connectivity index is 0.000000102. The molecule has 13 heterocycles. The van der Waals surface area contributed by atoms with Crippen LogP contribution in [0.4, 0.5) is 0 Å². The fourth-order valence-electron chi connectivity index (χ4n) is 24.6. The number of imidazole rings is 5. The zero-order valence-electron chi connectivity index (χ0n) is 89.5. The van der Waals surface area contributed by atoms with E-state index in [0.717, 1.165) is 77.0 Å². The van der Waals surface area contributed by atoms with E-state index in [-0.39, 0.29) is 32.5 Å². The largest absolute Gasteiger partial charge is 0.295 e. The van der Waals surface area contributed by atoms with Gasteiger partial charge in [-0.05, 0) is 137 Å². The molecular formula is C126H127N10+5. The van der Waals surface area contributed by atoms with Gasteiger partial charge in [-0.15, -0.1) is 0 Å². The number of benzene rings is 13. The van der Waals surface area contributed by atoms with Gasteiger partial charge in [0.15, 0.2) is 34.2 Å². The molecule has 26 rings (SSSR count). The fraction of sp³-hybridized carbons (Fsp3) is 0.262. The lowest BCUT2D eigenvalue weighted by Crippen LogP contribution is -2.44. The predicted octanol–water partition coefficient (Wildman–Crippen LogP) is 28.1. The van der Waals surface area contributed by atoms with Crippen molar-refractivity contribution in [3.8, 4) is 33.8 Å². The van der Waals surface area contributed by atoms with Crippen LogP contribution in [0.2, 0.25) is 0 Å². The van der Waals surface area contributed by atoms with Crippen LogP contribution in [0.1, 0.15) is 181 Å². The molecule has 0 saturated heterocycles. The van der Waals surface area contributed by atoms with Gasteiger partial charge in [-0.3, -0.25) is 0 Å². The average molecular weight is 1790 g/mol. The van der Waals surface area contributed by atoms with E-state index in [9.17, 15) is 0 Å². The van der Waals surface area contributed by atoms with Crippen LogP contribution in [-0.4, -0.2) is 22.3 Å². The number of fused-ring (bicyclic) bond motifs is 21. The van der Waals surface area contributed by atoms with E-state index in [0.29, 0.717) is 11.1 Å². The van der Waals surface area contributed by atoms with Gasteiger partial charge >= 0.3 is 0 Å². The first kappa shape index (κ1) is 80.4. The molecule has 0 bridgehead atoms. The molecule has 3 aliphatic heterocycles. The van der Waals surface area contributed by atoms with Gasteiger partial charge in [0.25, 0.3) is 28.2 Å². The highest BCUT2D eigenvalue weighted by Crippen LogP contribution is 2.57. The van der Waals surface area contributed by atoms with Crippen LogP contribution in [0.3, 0.4) is 0 Å². The van der Waals surface area contributed by atoms with Crippen LogP contribution < -0.4 is 22.5 Å². The highest BCUT2D eigenvalue weighted by molar-refractivity contribution is 6.19. The van der Waals surface area contributed by atoms with Crippen molar-refractivity contribution < 1.29 is 30.7 Å². The van der Waals surface area contributed by atoms with Crippen LogP contribution in [0.15, 0.2) is 280 Å². The normalized spacial score (nSPS) is 15.9. The second-order valence-electron chi connectivity index (χ2n) is 42.7. The number of pyridine rings is 5. The predicted molar refractivity (Wildman–Crippen MR) is 570 cm³/mol. The molecule has 10 nitrogen and oxygen atoms in total. The van der Waals surface area contributed by atoms with Gasteiger partial charge in [-0.25, -0.2) is 22.8 Å². The molecule has 0 radical (unpaired) electrons. The number of rotatable bonds is 3. The third-order valence-electron chi connectivity index (χ3n) is 33.9. The van der Waals surface area contributed by atoms with Crippen LogP contribution in [0.25, 0.3) is 170 Å². The third kappa shape index (κ3) is 11.9. The number of nitrogens with zero attached hydrogens (tertiary/aromatic N) is 10. The summed E-state index contributed by atoms with van der Waals surface area (Å²) in [4.78, 5) is 0. The Kier molecular flexibility index (Phi) is 18.0. The minimum absolute atomic E-state index is 0.0196. The van der Waals surface area contributed by atoms with E-state index in [1.165, 1.54) is 172 Å². The molecule has 10 heteroatoms.